The number of hydrogen-bond acceptors (Lipinski definition) is 8. The minimum atomic E-state index is -0.528. The van der Waals surface area contributed by atoms with Gasteiger partial charge >= 0.3 is 0 Å². The van der Waals surface area contributed by atoms with Crippen molar-refractivity contribution in [2.24, 2.45) is 0 Å². The molecule has 1 aliphatic heterocycles. The van der Waals surface area contributed by atoms with Crippen molar-refractivity contribution in [1.29, 1.82) is 0 Å². The van der Waals surface area contributed by atoms with Crippen molar-refractivity contribution in [3.63, 3.8) is 0 Å². The maximum atomic E-state index is 13.4. The summed E-state index contributed by atoms with van der Waals surface area (Å²) in [6.45, 7) is 1.84. The maximum absolute atomic E-state index is 13.4. The molecule has 0 fully saturated rings. The molecule has 1 unspecified atom stereocenters. The van der Waals surface area contributed by atoms with E-state index in [0.717, 1.165) is 11.1 Å². The Kier molecular flexibility index (Phi) is 6.46. The van der Waals surface area contributed by atoms with Crippen molar-refractivity contribution in [1.82, 2.24) is 19.7 Å². The quantitative estimate of drug-likeness (QED) is 0.211. The summed E-state index contributed by atoms with van der Waals surface area (Å²) in [6.07, 6.45) is 3.40. The van der Waals surface area contributed by atoms with Crippen LogP contribution < -0.4 is 10.6 Å². The number of amides is 1. The number of pyridine rings is 1. The van der Waals surface area contributed by atoms with Crippen molar-refractivity contribution in [2.45, 2.75) is 23.9 Å². The largest absolute Gasteiger partial charge is 0.328 e. The van der Waals surface area contributed by atoms with Gasteiger partial charge in [-0.05, 0) is 36.2 Å². The molecule has 36 heavy (non-hydrogen) atoms. The van der Waals surface area contributed by atoms with E-state index in [-0.39, 0.29) is 11.6 Å². The van der Waals surface area contributed by atoms with E-state index in [2.05, 4.69) is 20.6 Å². The highest BCUT2D eigenvalue weighted by Gasteiger charge is 2.34. The first-order chi connectivity index (χ1) is 17.5. The summed E-state index contributed by atoms with van der Waals surface area (Å²) in [5.41, 5.74) is 3.63. The molecule has 0 saturated carbocycles. The molecule has 1 atom stereocenters. The van der Waals surface area contributed by atoms with Gasteiger partial charge < -0.3 is 10.6 Å². The van der Waals surface area contributed by atoms with Gasteiger partial charge in [0.25, 0.3) is 11.6 Å². The molecule has 1 aliphatic rings. The van der Waals surface area contributed by atoms with E-state index in [1.807, 2.05) is 49.4 Å². The molecule has 2 N–H and O–H groups in total. The summed E-state index contributed by atoms with van der Waals surface area (Å²) < 4.78 is 1.70. The number of carbonyl (C=O) groups excluding carboxylic acids is 1. The monoisotopic (exact) mass is 499 g/mol. The Labute approximate surface area is 210 Å². The standard InChI is InChI=1S/C25H21N7O3S/c1-16-21(23(33)28-19-7-3-2-4-8-19)22(18-6-5-13-26-14-18)31-24(27-16)29-25(30-31)36-15-17-9-11-20(12-10-17)32(34)35/h2-14,22H,15H2,1H3,(H,28,33)(H,27,29,30). The van der Waals surface area contributed by atoms with Crippen LogP contribution in [0.5, 0.6) is 0 Å². The number of rotatable bonds is 7. The third-order valence-corrected chi connectivity index (χ3v) is 6.53. The molecular weight excluding hydrogens is 478 g/mol. The minimum Gasteiger partial charge on any atom is -0.328 e. The van der Waals surface area contributed by atoms with E-state index >= 15 is 0 Å². The van der Waals surface area contributed by atoms with Gasteiger partial charge in [0.05, 0.1) is 10.5 Å². The lowest BCUT2D eigenvalue weighted by molar-refractivity contribution is -0.384. The van der Waals surface area contributed by atoms with E-state index in [4.69, 9.17) is 5.10 Å². The topological polar surface area (TPSA) is 128 Å². The van der Waals surface area contributed by atoms with Gasteiger partial charge in [-0.2, -0.15) is 4.98 Å². The van der Waals surface area contributed by atoms with E-state index < -0.39 is 11.0 Å². The molecule has 0 radical (unpaired) electrons. The summed E-state index contributed by atoms with van der Waals surface area (Å²) in [4.78, 5) is 32.8. The van der Waals surface area contributed by atoms with Crippen LogP contribution in [0.1, 0.15) is 24.1 Å². The third-order valence-electron chi connectivity index (χ3n) is 5.62. The Balaban J connectivity index is 1.43. The number of para-hydroxylation sites is 1. The Morgan fingerprint density at radius 1 is 1.14 bits per heavy atom. The first-order valence-electron chi connectivity index (χ1n) is 11.1. The minimum absolute atomic E-state index is 0.0469. The average molecular weight is 500 g/mol. The van der Waals surface area contributed by atoms with Gasteiger partial charge in [-0.1, -0.05) is 48.2 Å². The zero-order valence-corrected chi connectivity index (χ0v) is 20.0. The highest BCUT2D eigenvalue weighted by atomic mass is 32.2. The lowest BCUT2D eigenvalue weighted by atomic mass is 9.96. The van der Waals surface area contributed by atoms with Crippen LogP contribution >= 0.6 is 11.8 Å². The van der Waals surface area contributed by atoms with Gasteiger partial charge in [0, 0.05) is 41.7 Å². The van der Waals surface area contributed by atoms with Crippen molar-refractivity contribution in [3.8, 4) is 0 Å². The predicted molar refractivity (Wildman–Crippen MR) is 136 cm³/mol. The predicted octanol–water partition coefficient (Wildman–Crippen LogP) is 4.80. The maximum Gasteiger partial charge on any atom is 0.269 e. The third kappa shape index (κ3) is 4.82. The van der Waals surface area contributed by atoms with E-state index in [9.17, 15) is 14.9 Å². The van der Waals surface area contributed by atoms with Crippen molar-refractivity contribution in [3.05, 3.63) is 112 Å². The number of carbonyl (C=O) groups is 1. The van der Waals surface area contributed by atoms with Gasteiger partial charge in [0.2, 0.25) is 11.1 Å². The molecule has 2 aromatic carbocycles. The van der Waals surface area contributed by atoms with Crippen LogP contribution in [0.25, 0.3) is 0 Å². The number of thioether (sulfide) groups is 1. The number of fused-ring (bicyclic) bond motifs is 1. The molecule has 2 aromatic heterocycles. The first-order valence-corrected chi connectivity index (χ1v) is 12.0. The lowest BCUT2D eigenvalue weighted by Crippen LogP contribution is -2.31. The Hall–Kier alpha value is -4.51. The second-order valence-electron chi connectivity index (χ2n) is 8.05. The molecule has 0 saturated heterocycles. The molecule has 0 spiro atoms. The molecule has 3 heterocycles. The average Bonchev–Trinajstić information content (AvgIpc) is 3.30. The first kappa shape index (κ1) is 23.2. The second kappa shape index (κ2) is 10.0. The van der Waals surface area contributed by atoms with Gasteiger partial charge in [-0.3, -0.25) is 19.9 Å². The zero-order chi connectivity index (χ0) is 25.1. The molecule has 0 aliphatic carbocycles. The molecule has 5 rings (SSSR count). The summed E-state index contributed by atoms with van der Waals surface area (Å²) >= 11 is 1.40. The fraction of sp³-hybridized carbons (Fsp3) is 0.120. The SMILES string of the molecule is CC1=C(C(=O)Nc2ccccc2)C(c2cccnc2)n2nc(SCc3ccc([N+](=O)[O-])cc3)nc2N1. The molecule has 180 valence electrons. The van der Waals surface area contributed by atoms with Gasteiger partial charge in [0.1, 0.15) is 6.04 Å². The highest BCUT2D eigenvalue weighted by Crippen LogP contribution is 2.36. The molecule has 10 nitrogen and oxygen atoms in total. The van der Waals surface area contributed by atoms with Crippen LogP contribution in [0.2, 0.25) is 0 Å². The van der Waals surface area contributed by atoms with Gasteiger partial charge in [-0.25, -0.2) is 4.68 Å². The van der Waals surface area contributed by atoms with Crippen LogP contribution in [-0.4, -0.2) is 30.6 Å². The molecular formula is C25H21N7O3S. The van der Waals surface area contributed by atoms with Crippen LogP contribution in [0.15, 0.2) is 95.6 Å². The number of nitro benzene ring substituents is 1. The number of nitrogens with one attached hydrogen (secondary N) is 2. The summed E-state index contributed by atoms with van der Waals surface area (Å²) in [7, 11) is 0. The fourth-order valence-corrected chi connectivity index (χ4v) is 4.70. The summed E-state index contributed by atoms with van der Waals surface area (Å²) in [6, 6.07) is 18.9. The number of allylic oxidation sites excluding steroid dienone is 1. The Morgan fingerprint density at radius 3 is 2.61 bits per heavy atom. The molecule has 4 aromatic rings. The van der Waals surface area contributed by atoms with Gasteiger partial charge in [-0.15, -0.1) is 5.10 Å². The number of nitro groups is 1. The van der Waals surface area contributed by atoms with Gasteiger partial charge in [0.15, 0.2) is 0 Å². The Bertz CT molecular complexity index is 1440. The number of nitrogens with zero attached hydrogens (tertiary/aromatic N) is 5. The number of anilines is 2. The number of non-ortho nitro benzene ring substituents is 1. The van der Waals surface area contributed by atoms with Crippen LogP contribution in [0.4, 0.5) is 17.3 Å². The fourth-order valence-electron chi connectivity index (χ4n) is 3.91. The highest BCUT2D eigenvalue weighted by molar-refractivity contribution is 7.98. The van der Waals surface area contributed by atoms with E-state index in [0.29, 0.717) is 33.8 Å². The van der Waals surface area contributed by atoms with Crippen LogP contribution in [-0.2, 0) is 10.5 Å². The second-order valence-corrected chi connectivity index (χ2v) is 8.99. The van der Waals surface area contributed by atoms with E-state index in [1.165, 1.54) is 23.9 Å². The van der Waals surface area contributed by atoms with Crippen molar-refractivity contribution >= 4 is 35.0 Å². The number of aromatic nitrogens is 4. The number of benzene rings is 2. The van der Waals surface area contributed by atoms with Crippen LogP contribution in [0, 0.1) is 10.1 Å². The smallest absolute Gasteiger partial charge is 0.269 e. The normalized spacial score (nSPS) is 14.6. The summed E-state index contributed by atoms with van der Waals surface area (Å²) in [5.74, 6) is 0.803. The molecule has 11 heteroatoms. The van der Waals surface area contributed by atoms with Crippen molar-refractivity contribution < 1.29 is 9.72 Å². The number of hydrogen-bond donors (Lipinski definition) is 2. The van der Waals surface area contributed by atoms with Crippen molar-refractivity contribution in [2.75, 3.05) is 10.6 Å². The van der Waals surface area contributed by atoms with E-state index in [1.54, 1.807) is 29.2 Å². The molecule has 1 amide bonds. The lowest BCUT2D eigenvalue weighted by Gasteiger charge is -2.28. The summed E-state index contributed by atoms with van der Waals surface area (Å²) in [5, 5.41) is 22.3. The van der Waals surface area contributed by atoms with Crippen LogP contribution in [0.3, 0.4) is 0 Å². The zero-order valence-electron chi connectivity index (χ0n) is 19.2. The Morgan fingerprint density at radius 2 is 1.92 bits per heavy atom. The molecule has 0 bridgehead atoms.